The maximum Gasteiger partial charge on any atom is 0.411 e. The van der Waals surface area contributed by atoms with E-state index >= 15 is 0 Å². The molecule has 0 saturated carbocycles. The van der Waals surface area contributed by atoms with Crippen molar-refractivity contribution in [3.8, 4) is 11.5 Å². The predicted molar refractivity (Wildman–Crippen MR) is 89.5 cm³/mol. The van der Waals surface area contributed by atoms with Crippen LogP contribution < -0.4 is 10.6 Å². The van der Waals surface area contributed by atoms with E-state index in [0.717, 1.165) is 11.1 Å². The molecule has 0 aliphatic carbocycles. The van der Waals surface area contributed by atoms with Crippen LogP contribution in [-0.2, 0) is 11.3 Å². The number of benzene rings is 2. The molecule has 3 rings (SSSR count). The number of hydrogen-bond acceptors (Lipinski definition) is 6. The van der Waals surface area contributed by atoms with Crippen LogP contribution in [0.4, 0.5) is 16.4 Å². The van der Waals surface area contributed by atoms with E-state index in [2.05, 4.69) is 25.5 Å². The molecule has 24 heavy (non-hydrogen) atoms. The molecule has 0 aliphatic rings. The second-order valence-corrected chi connectivity index (χ2v) is 4.96. The summed E-state index contributed by atoms with van der Waals surface area (Å²) in [5, 5.41) is 9.59. The quantitative estimate of drug-likeness (QED) is 0.746. The summed E-state index contributed by atoms with van der Waals surface area (Å²) >= 11 is 0. The predicted octanol–water partition coefficient (Wildman–Crippen LogP) is 3.53. The Morgan fingerprint density at radius 2 is 1.88 bits per heavy atom. The first-order valence-electron chi connectivity index (χ1n) is 7.31. The fraction of sp³-hybridized carbons (Fsp3) is 0.118. The molecule has 7 nitrogen and oxygen atoms in total. The van der Waals surface area contributed by atoms with Crippen molar-refractivity contribution in [3.63, 3.8) is 0 Å². The average Bonchev–Trinajstić information content (AvgIpc) is 3.11. The molecule has 1 amide bonds. The normalized spacial score (nSPS) is 10.2. The summed E-state index contributed by atoms with van der Waals surface area (Å²) in [4.78, 5) is 15.4. The highest BCUT2D eigenvalue weighted by atomic mass is 16.5. The standard InChI is InChI=1S/C17H16N4O3/c1-23-17(22)19-14-9-7-12(8-10-14)11-18-16-20-15(24-21-16)13-5-3-2-4-6-13/h2-10H,11H2,1H3,(H,18,21)(H,19,22). The second kappa shape index (κ2) is 7.28. The molecule has 7 heteroatoms. The van der Waals surface area contributed by atoms with Gasteiger partial charge in [-0.1, -0.05) is 30.3 Å². The van der Waals surface area contributed by atoms with Gasteiger partial charge in [-0.3, -0.25) is 5.32 Å². The van der Waals surface area contributed by atoms with Crippen molar-refractivity contribution in [2.45, 2.75) is 6.54 Å². The molecule has 0 fully saturated rings. The smallest absolute Gasteiger partial charge is 0.411 e. The van der Waals surface area contributed by atoms with Gasteiger partial charge in [0.1, 0.15) is 0 Å². The van der Waals surface area contributed by atoms with Gasteiger partial charge in [-0.05, 0) is 35.0 Å². The van der Waals surface area contributed by atoms with Gasteiger partial charge in [-0.15, -0.1) is 0 Å². The van der Waals surface area contributed by atoms with Crippen LogP contribution in [0.1, 0.15) is 5.56 Å². The van der Waals surface area contributed by atoms with Gasteiger partial charge in [0.25, 0.3) is 11.8 Å². The SMILES string of the molecule is COC(=O)Nc1ccc(CNc2noc(-c3ccccc3)n2)cc1. The Labute approximate surface area is 138 Å². The van der Waals surface area contributed by atoms with Crippen LogP contribution in [0, 0.1) is 0 Å². The minimum Gasteiger partial charge on any atom is -0.453 e. The van der Waals surface area contributed by atoms with Crippen LogP contribution in [0.5, 0.6) is 0 Å². The van der Waals surface area contributed by atoms with E-state index in [1.165, 1.54) is 7.11 Å². The molecule has 0 radical (unpaired) electrons. The summed E-state index contributed by atoms with van der Waals surface area (Å²) in [6, 6.07) is 16.9. The van der Waals surface area contributed by atoms with Gasteiger partial charge in [0.05, 0.1) is 7.11 Å². The van der Waals surface area contributed by atoms with Gasteiger partial charge in [-0.25, -0.2) is 4.79 Å². The van der Waals surface area contributed by atoms with Crippen molar-refractivity contribution in [2.24, 2.45) is 0 Å². The third kappa shape index (κ3) is 3.89. The lowest BCUT2D eigenvalue weighted by Gasteiger charge is -2.05. The van der Waals surface area contributed by atoms with Crippen molar-refractivity contribution >= 4 is 17.7 Å². The molecule has 0 bridgehead atoms. The number of hydrogen-bond donors (Lipinski definition) is 2. The number of anilines is 2. The molecular formula is C17H16N4O3. The van der Waals surface area contributed by atoms with E-state index in [1.807, 2.05) is 42.5 Å². The number of amides is 1. The number of carbonyl (C=O) groups is 1. The second-order valence-electron chi connectivity index (χ2n) is 4.96. The van der Waals surface area contributed by atoms with Crippen molar-refractivity contribution in [3.05, 3.63) is 60.2 Å². The topological polar surface area (TPSA) is 89.3 Å². The lowest BCUT2D eigenvalue weighted by molar-refractivity contribution is 0.187. The Hall–Kier alpha value is -3.35. The van der Waals surface area contributed by atoms with Gasteiger partial charge in [-0.2, -0.15) is 4.98 Å². The molecule has 122 valence electrons. The van der Waals surface area contributed by atoms with Gasteiger partial charge in [0.2, 0.25) is 0 Å². The number of ether oxygens (including phenoxy) is 1. The fourth-order valence-corrected chi connectivity index (χ4v) is 2.05. The van der Waals surface area contributed by atoms with E-state index in [-0.39, 0.29) is 0 Å². The lowest BCUT2D eigenvalue weighted by atomic mass is 10.2. The Morgan fingerprint density at radius 1 is 1.12 bits per heavy atom. The zero-order valence-corrected chi connectivity index (χ0v) is 13.0. The van der Waals surface area contributed by atoms with Crippen molar-refractivity contribution in [1.29, 1.82) is 0 Å². The molecule has 0 saturated heterocycles. The Bertz CT molecular complexity index is 800. The van der Waals surface area contributed by atoms with E-state index in [4.69, 9.17) is 4.52 Å². The largest absolute Gasteiger partial charge is 0.453 e. The van der Waals surface area contributed by atoms with Crippen LogP contribution >= 0.6 is 0 Å². The summed E-state index contributed by atoms with van der Waals surface area (Å²) in [5.74, 6) is 0.890. The van der Waals surface area contributed by atoms with Crippen LogP contribution in [0.25, 0.3) is 11.5 Å². The number of nitrogens with one attached hydrogen (secondary N) is 2. The third-order valence-electron chi connectivity index (χ3n) is 3.28. The summed E-state index contributed by atoms with van der Waals surface area (Å²) in [5.41, 5.74) is 2.55. The zero-order valence-electron chi connectivity index (χ0n) is 13.0. The maximum absolute atomic E-state index is 11.1. The number of aromatic nitrogens is 2. The number of nitrogens with zero attached hydrogens (tertiary/aromatic N) is 2. The Balaban J connectivity index is 1.58. The molecule has 0 unspecified atom stereocenters. The zero-order chi connectivity index (χ0) is 16.8. The third-order valence-corrected chi connectivity index (χ3v) is 3.28. The van der Waals surface area contributed by atoms with Crippen molar-refractivity contribution < 1.29 is 14.1 Å². The lowest BCUT2D eigenvalue weighted by Crippen LogP contribution is -2.10. The van der Waals surface area contributed by atoms with Crippen LogP contribution in [0.3, 0.4) is 0 Å². The monoisotopic (exact) mass is 324 g/mol. The first-order valence-corrected chi connectivity index (χ1v) is 7.31. The maximum atomic E-state index is 11.1. The van der Waals surface area contributed by atoms with Crippen LogP contribution in [0.2, 0.25) is 0 Å². The molecule has 1 heterocycles. The number of methoxy groups -OCH3 is 1. The van der Waals surface area contributed by atoms with Crippen LogP contribution in [-0.4, -0.2) is 23.3 Å². The van der Waals surface area contributed by atoms with E-state index < -0.39 is 6.09 Å². The Kier molecular flexibility index (Phi) is 4.71. The summed E-state index contributed by atoms with van der Waals surface area (Å²) in [6.45, 7) is 0.534. The molecule has 0 spiro atoms. The van der Waals surface area contributed by atoms with Crippen molar-refractivity contribution in [1.82, 2.24) is 10.1 Å². The van der Waals surface area contributed by atoms with Gasteiger partial charge < -0.3 is 14.6 Å². The van der Waals surface area contributed by atoms with Gasteiger partial charge in [0, 0.05) is 17.8 Å². The highest BCUT2D eigenvalue weighted by molar-refractivity contribution is 5.84. The molecule has 0 atom stereocenters. The van der Waals surface area contributed by atoms with Gasteiger partial charge >= 0.3 is 6.09 Å². The van der Waals surface area contributed by atoms with Crippen LogP contribution in [0.15, 0.2) is 59.1 Å². The molecule has 2 aromatic carbocycles. The minimum absolute atomic E-state index is 0.422. The molecule has 2 N–H and O–H groups in total. The fourth-order valence-electron chi connectivity index (χ4n) is 2.05. The molecule has 1 aromatic heterocycles. The van der Waals surface area contributed by atoms with Crippen molar-refractivity contribution in [2.75, 3.05) is 17.7 Å². The molecule has 0 aliphatic heterocycles. The first kappa shape index (κ1) is 15.5. The molecule has 3 aromatic rings. The summed E-state index contributed by atoms with van der Waals surface area (Å²) in [6.07, 6.45) is -0.499. The number of rotatable bonds is 5. The number of carbonyl (C=O) groups excluding carboxylic acids is 1. The first-order chi connectivity index (χ1) is 11.7. The Morgan fingerprint density at radius 3 is 2.58 bits per heavy atom. The highest BCUT2D eigenvalue weighted by Gasteiger charge is 2.08. The van der Waals surface area contributed by atoms with Gasteiger partial charge in [0.15, 0.2) is 0 Å². The average molecular weight is 324 g/mol. The minimum atomic E-state index is -0.499. The summed E-state index contributed by atoms with van der Waals surface area (Å²) < 4.78 is 9.77. The van der Waals surface area contributed by atoms with E-state index in [1.54, 1.807) is 12.1 Å². The summed E-state index contributed by atoms with van der Waals surface area (Å²) in [7, 11) is 1.32. The van der Waals surface area contributed by atoms with E-state index in [0.29, 0.717) is 24.1 Å². The van der Waals surface area contributed by atoms with E-state index in [9.17, 15) is 4.79 Å². The highest BCUT2D eigenvalue weighted by Crippen LogP contribution is 2.18. The molecular weight excluding hydrogens is 308 g/mol.